The maximum absolute atomic E-state index is 12.0. The average Bonchev–Trinajstić information content (AvgIpc) is 2.98. The van der Waals surface area contributed by atoms with E-state index in [2.05, 4.69) is 15.2 Å². The van der Waals surface area contributed by atoms with Gasteiger partial charge >= 0.3 is 0 Å². The Morgan fingerprint density at radius 3 is 2.67 bits per heavy atom. The number of sulfone groups is 1. The molecule has 0 aliphatic carbocycles. The number of nitrogens with one attached hydrogen (secondary N) is 1. The average molecular weight is 306 g/mol. The van der Waals surface area contributed by atoms with Crippen molar-refractivity contribution in [3.8, 4) is 0 Å². The van der Waals surface area contributed by atoms with Crippen LogP contribution >= 0.6 is 0 Å². The first-order chi connectivity index (χ1) is 9.99. The molecule has 0 saturated carbocycles. The zero-order valence-corrected chi connectivity index (χ0v) is 12.1. The number of aromatic nitrogens is 3. The van der Waals surface area contributed by atoms with Gasteiger partial charge in [0.15, 0.2) is 9.84 Å². The Labute approximate surface area is 122 Å². The largest absolute Gasteiger partial charge is 0.335 e. The first kappa shape index (κ1) is 14.9. The number of nitrogens with zero attached hydrogens (tertiary/aromatic N) is 3. The lowest BCUT2D eigenvalue weighted by Gasteiger charge is -2.12. The molecule has 1 aromatic heterocycles. The molecule has 0 saturated heterocycles. The third kappa shape index (κ3) is 3.99. The zero-order valence-electron chi connectivity index (χ0n) is 11.3. The van der Waals surface area contributed by atoms with Crippen LogP contribution in [0.3, 0.4) is 0 Å². The number of hydrogen-bond acceptors (Lipinski definition) is 5. The highest BCUT2D eigenvalue weighted by atomic mass is 32.2. The van der Waals surface area contributed by atoms with Crippen LogP contribution in [-0.4, -0.2) is 41.5 Å². The molecular weight excluding hydrogens is 292 g/mol. The summed E-state index contributed by atoms with van der Waals surface area (Å²) in [6, 6.07) is 7.92. The molecular formula is C13H14N4O3S. The minimum atomic E-state index is -3.61. The topological polar surface area (TPSA) is 96.0 Å². The fraction of sp³-hybridized carbons (Fsp3) is 0.154. The number of rotatable bonds is 5. The molecule has 0 fully saturated rings. The van der Waals surface area contributed by atoms with E-state index in [1.165, 1.54) is 23.4 Å². The molecule has 0 aliphatic rings. The van der Waals surface area contributed by atoms with Crippen molar-refractivity contribution in [3.63, 3.8) is 0 Å². The van der Waals surface area contributed by atoms with Gasteiger partial charge in [-0.05, 0) is 12.1 Å². The molecule has 0 unspecified atom stereocenters. The Morgan fingerprint density at radius 2 is 2.05 bits per heavy atom. The number of carbonyl (C=O) groups excluding carboxylic acids is 1. The quantitative estimate of drug-likeness (QED) is 0.822. The Balaban J connectivity index is 2.05. The Kier molecular flexibility index (Phi) is 4.49. The standard InChI is InChI=1S/C13H14N4O3S/c1-17(9-12-14-10-15-16-12)13(18)7-8-21(19,20)11-5-3-2-4-6-11/h2-8,10H,9H2,1H3,(H,14,15,16). The van der Waals surface area contributed by atoms with Crippen molar-refractivity contribution < 1.29 is 13.2 Å². The SMILES string of the molecule is CN(Cc1ncn[nH]1)C(=O)C=CS(=O)(=O)c1ccccc1. The first-order valence-corrected chi connectivity index (χ1v) is 7.61. The Hall–Kier alpha value is -2.48. The van der Waals surface area contributed by atoms with Crippen molar-refractivity contribution in [2.24, 2.45) is 0 Å². The van der Waals surface area contributed by atoms with Gasteiger partial charge in [0.1, 0.15) is 12.2 Å². The van der Waals surface area contributed by atoms with Gasteiger partial charge in [-0.2, -0.15) is 5.10 Å². The van der Waals surface area contributed by atoms with Crippen LogP contribution < -0.4 is 0 Å². The maximum Gasteiger partial charge on any atom is 0.247 e. The van der Waals surface area contributed by atoms with E-state index in [4.69, 9.17) is 0 Å². The van der Waals surface area contributed by atoms with E-state index in [0.717, 1.165) is 11.5 Å². The van der Waals surface area contributed by atoms with Crippen molar-refractivity contribution in [1.29, 1.82) is 0 Å². The van der Waals surface area contributed by atoms with E-state index < -0.39 is 15.7 Å². The van der Waals surface area contributed by atoms with Crippen LogP contribution in [0.5, 0.6) is 0 Å². The molecule has 2 aromatic rings. The minimum Gasteiger partial charge on any atom is -0.335 e. The van der Waals surface area contributed by atoms with E-state index in [9.17, 15) is 13.2 Å². The van der Waals surface area contributed by atoms with Crippen LogP contribution in [-0.2, 0) is 21.2 Å². The van der Waals surface area contributed by atoms with E-state index in [-0.39, 0.29) is 11.4 Å². The molecule has 1 heterocycles. The number of H-pyrrole nitrogens is 1. The molecule has 1 amide bonds. The molecule has 2 rings (SSSR count). The molecule has 0 aliphatic heterocycles. The Morgan fingerprint density at radius 1 is 1.33 bits per heavy atom. The molecule has 1 N–H and O–H groups in total. The van der Waals surface area contributed by atoms with Gasteiger partial charge in [0, 0.05) is 18.5 Å². The molecule has 0 spiro atoms. The smallest absolute Gasteiger partial charge is 0.247 e. The number of hydrogen-bond donors (Lipinski definition) is 1. The van der Waals surface area contributed by atoms with Crippen LogP contribution in [0.4, 0.5) is 0 Å². The summed E-state index contributed by atoms with van der Waals surface area (Å²) < 4.78 is 24.0. The fourth-order valence-electron chi connectivity index (χ4n) is 1.57. The summed E-state index contributed by atoms with van der Waals surface area (Å²) >= 11 is 0. The van der Waals surface area contributed by atoms with Gasteiger partial charge in [-0.3, -0.25) is 9.89 Å². The monoisotopic (exact) mass is 306 g/mol. The van der Waals surface area contributed by atoms with Crippen LogP contribution in [0, 0.1) is 0 Å². The predicted molar refractivity (Wildman–Crippen MR) is 75.6 cm³/mol. The van der Waals surface area contributed by atoms with Gasteiger partial charge in [-0.1, -0.05) is 18.2 Å². The summed E-state index contributed by atoms with van der Waals surface area (Å²) in [5, 5.41) is 7.20. The molecule has 0 bridgehead atoms. The minimum absolute atomic E-state index is 0.145. The second-order valence-corrected chi connectivity index (χ2v) is 6.12. The number of likely N-dealkylation sites (N-methyl/N-ethyl adjacent to an activating group) is 1. The molecule has 7 nitrogen and oxygen atoms in total. The lowest BCUT2D eigenvalue weighted by Crippen LogP contribution is -2.25. The molecule has 0 atom stereocenters. The van der Waals surface area contributed by atoms with E-state index >= 15 is 0 Å². The maximum atomic E-state index is 12.0. The van der Waals surface area contributed by atoms with Gasteiger partial charge in [-0.15, -0.1) is 0 Å². The van der Waals surface area contributed by atoms with E-state index in [0.29, 0.717) is 5.82 Å². The van der Waals surface area contributed by atoms with Crippen molar-refractivity contribution in [3.05, 3.63) is 54.0 Å². The van der Waals surface area contributed by atoms with Crippen molar-refractivity contribution in [2.75, 3.05) is 7.05 Å². The molecule has 0 radical (unpaired) electrons. The zero-order chi connectivity index (χ0) is 15.3. The summed E-state index contributed by atoms with van der Waals surface area (Å²) in [7, 11) is -2.07. The number of aromatic amines is 1. The molecule has 1 aromatic carbocycles. The van der Waals surface area contributed by atoms with Crippen molar-refractivity contribution in [2.45, 2.75) is 11.4 Å². The van der Waals surface area contributed by atoms with Crippen LogP contribution in [0.25, 0.3) is 0 Å². The number of benzene rings is 1. The number of amides is 1. The van der Waals surface area contributed by atoms with Crippen LogP contribution in [0.2, 0.25) is 0 Å². The van der Waals surface area contributed by atoms with Gasteiger partial charge in [-0.25, -0.2) is 13.4 Å². The highest BCUT2D eigenvalue weighted by molar-refractivity contribution is 7.94. The molecule has 110 valence electrons. The molecule has 21 heavy (non-hydrogen) atoms. The third-order valence-electron chi connectivity index (χ3n) is 2.69. The van der Waals surface area contributed by atoms with Crippen molar-refractivity contribution >= 4 is 15.7 Å². The highest BCUT2D eigenvalue weighted by Crippen LogP contribution is 2.11. The highest BCUT2D eigenvalue weighted by Gasteiger charge is 2.12. The second-order valence-electron chi connectivity index (χ2n) is 4.29. The second kappa shape index (κ2) is 6.31. The summed E-state index contributed by atoms with van der Waals surface area (Å²) in [6.07, 6.45) is 2.36. The predicted octanol–water partition coefficient (Wildman–Crippen LogP) is 0.751. The van der Waals surface area contributed by atoms with Gasteiger partial charge in [0.2, 0.25) is 5.91 Å². The van der Waals surface area contributed by atoms with Crippen LogP contribution in [0.15, 0.2) is 53.0 Å². The lowest BCUT2D eigenvalue weighted by molar-refractivity contribution is -0.125. The summed E-state index contributed by atoms with van der Waals surface area (Å²) in [4.78, 5) is 17.2. The number of carbonyl (C=O) groups is 1. The van der Waals surface area contributed by atoms with Gasteiger partial charge < -0.3 is 4.90 Å². The van der Waals surface area contributed by atoms with Gasteiger partial charge in [0.05, 0.1) is 11.4 Å². The summed E-state index contributed by atoms with van der Waals surface area (Å²) in [6.45, 7) is 0.217. The van der Waals surface area contributed by atoms with E-state index in [1.807, 2.05) is 0 Å². The fourth-order valence-corrected chi connectivity index (χ4v) is 2.56. The molecule has 8 heteroatoms. The van der Waals surface area contributed by atoms with E-state index in [1.54, 1.807) is 25.2 Å². The Bertz CT molecular complexity index is 724. The van der Waals surface area contributed by atoms with Crippen LogP contribution in [0.1, 0.15) is 5.82 Å². The summed E-state index contributed by atoms with van der Waals surface area (Å²) in [5.74, 6) is 0.0797. The summed E-state index contributed by atoms with van der Waals surface area (Å²) in [5.41, 5.74) is 0. The van der Waals surface area contributed by atoms with Gasteiger partial charge in [0.25, 0.3) is 0 Å². The lowest BCUT2D eigenvalue weighted by atomic mass is 10.4. The third-order valence-corrected chi connectivity index (χ3v) is 4.11. The van der Waals surface area contributed by atoms with Crippen molar-refractivity contribution in [1.82, 2.24) is 20.1 Å². The normalized spacial score (nSPS) is 11.7. The first-order valence-electron chi connectivity index (χ1n) is 6.06.